The Morgan fingerprint density at radius 2 is 2.40 bits per heavy atom. The van der Waals surface area contributed by atoms with Crippen LogP contribution in [0, 0.1) is 12.3 Å². The molecule has 56 valence electrons. The molecule has 1 amide bonds. The van der Waals surface area contributed by atoms with Gasteiger partial charge in [-0.05, 0) is 6.42 Å². The average molecular weight is 139 g/mol. The highest BCUT2D eigenvalue weighted by atomic mass is 16.1. The largest absolute Gasteiger partial charge is 0.356 e. The van der Waals surface area contributed by atoms with E-state index in [0.29, 0.717) is 12.8 Å². The van der Waals surface area contributed by atoms with Crippen molar-refractivity contribution in [3.8, 4) is 12.3 Å². The molecule has 1 N–H and O–H groups in total. The second kappa shape index (κ2) is 6.15. The van der Waals surface area contributed by atoms with E-state index < -0.39 is 0 Å². The Morgan fingerprint density at radius 1 is 1.70 bits per heavy atom. The molecule has 0 fully saturated rings. The summed E-state index contributed by atoms with van der Waals surface area (Å²) in [5, 5.41) is 2.73. The van der Waals surface area contributed by atoms with Crippen LogP contribution in [-0.2, 0) is 4.79 Å². The molecule has 0 aromatic rings. The molecule has 0 saturated heterocycles. The second-order valence-electron chi connectivity index (χ2n) is 2.05. The normalized spacial score (nSPS) is 8.40. The fraction of sp³-hybridized carbons (Fsp3) is 0.625. The fourth-order valence-corrected chi connectivity index (χ4v) is 0.539. The van der Waals surface area contributed by atoms with Gasteiger partial charge in [-0.1, -0.05) is 6.92 Å². The molecule has 0 radical (unpaired) electrons. The summed E-state index contributed by atoms with van der Waals surface area (Å²) in [6.07, 6.45) is 6.94. The van der Waals surface area contributed by atoms with Gasteiger partial charge in [-0.15, -0.1) is 12.3 Å². The highest BCUT2D eigenvalue weighted by Gasteiger charge is 1.95. The van der Waals surface area contributed by atoms with Gasteiger partial charge in [0.25, 0.3) is 0 Å². The van der Waals surface area contributed by atoms with Gasteiger partial charge in [-0.25, -0.2) is 0 Å². The molecular formula is C8H13NO. The average Bonchev–Trinajstić information content (AvgIpc) is 1.97. The van der Waals surface area contributed by atoms with Crippen LogP contribution in [0.5, 0.6) is 0 Å². The molecule has 0 aliphatic heterocycles. The van der Waals surface area contributed by atoms with Crippen molar-refractivity contribution in [1.29, 1.82) is 0 Å². The first kappa shape index (κ1) is 9.03. The smallest absolute Gasteiger partial charge is 0.220 e. The van der Waals surface area contributed by atoms with Crippen LogP contribution in [-0.4, -0.2) is 12.5 Å². The molecule has 0 aliphatic rings. The van der Waals surface area contributed by atoms with Crippen molar-refractivity contribution in [1.82, 2.24) is 5.32 Å². The molecule has 2 nitrogen and oxygen atoms in total. The molecule has 0 aliphatic carbocycles. The maximum Gasteiger partial charge on any atom is 0.220 e. The van der Waals surface area contributed by atoms with Crippen LogP contribution in [0.1, 0.15) is 26.2 Å². The number of terminal acetylenes is 1. The van der Waals surface area contributed by atoms with E-state index in [0.717, 1.165) is 13.0 Å². The lowest BCUT2D eigenvalue weighted by atomic mass is 10.3. The maximum absolute atomic E-state index is 10.8. The minimum Gasteiger partial charge on any atom is -0.356 e. The molecule has 0 aromatic heterocycles. The zero-order chi connectivity index (χ0) is 7.82. The summed E-state index contributed by atoms with van der Waals surface area (Å²) in [6.45, 7) is 2.77. The fourth-order valence-electron chi connectivity index (χ4n) is 0.539. The molecule has 0 aromatic carbocycles. The summed E-state index contributed by atoms with van der Waals surface area (Å²) < 4.78 is 0. The molecule has 0 bridgehead atoms. The summed E-state index contributed by atoms with van der Waals surface area (Å²) in [7, 11) is 0. The van der Waals surface area contributed by atoms with E-state index in [2.05, 4.69) is 11.2 Å². The summed E-state index contributed by atoms with van der Waals surface area (Å²) in [5.74, 6) is 2.47. The van der Waals surface area contributed by atoms with Gasteiger partial charge < -0.3 is 5.32 Å². The quantitative estimate of drug-likeness (QED) is 0.577. The second-order valence-corrected chi connectivity index (χ2v) is 2.05. The first-order valence-corrected chi connectivity index (χ1v) is 3.51. The lowest BCUT2D eigenvalue weighted by Crippen LogP contribution is -2.23. The summed E-state index contributed by atoms with van der Waals surface area (Å²) in [4.78, 5) is 10.8. The molecular weight excluding hydrogens is 126 g/mol. The van der Waals surface area contributed by atoms with Crippen molar-refractivity contribution in [3.63, 3.8) is 0 Å². The molecule has 0 heterocycles. The third kappa shape index (κ3) is 5.17. The van der Waals surface area contributed by atoms with Gasteiger partial charge in [-0.2, -0.15) is 0 Å². The number of nitrogens with one attached hydrogen (secondary N) is 1. The predicted molar refractivity (Wildman–Crippen MR) is 41.4 cm³/mol. The van der Waals surface area contributed by atoms with Gasteiger partial charge in [0, 0.05) is 19.4 Å². The zero-order valence-corrected chi connectivity index (χ0v) is 6.31. The third-order valence-corrected chi connectivity index (χ3v) is 1.07. The highest BCUT2D eigenvalue weighted by molar-refractivity contribution is 5.76. The molecule has 2 heteroatoms. The molecule has 0 atom stereocenters. The van der Waals surface area contributed by atoms with Gasteiger partial charge in [0.05, 0.1) is 0 Å². The van der Waals surface area contributed by atoms with E-state index in [9.17, 15) is 4.79 Å². The first-order valence-electron chi connectivity index (χ1n) is 3.51. The topological polar surface area (TPSA) is 29.1 Å². The van der Waals surface area contributed by atoms with Crippen LogP contribution in [0.2, 0.25) is 0 Å². The minimum absolute atomic E-state index is 0.0554. The monoisotopic (exact) mass is 139 g/mol. The van der Waals surface area contributed by atoms with Crippen LogP contribution < -0.4 is 5.32 Å². The van der Waals surface area contributed by atoms with Gasteiger partial charge in [0.1, 0.15) is 0 Å². The maximum atomic E-state index is 10.8. The Bertz CT molecular complexity index is 135. The van der Waals surface area contributed by atoms with Crippen LogP contribution in [0.25, 0.3) is 0 Å². The standard InChI is InChI=1S/C8H13NO/c1-3-5-6-8(10)9-7-4-2/h1H,4-7H2,2H3,(H,9,10). The third-order valence-electron chi connectivity index (χ3n) is 1.07. The van der Waals surface area contributed by atoms with Crippen molar-refractivity contribution >= 4 is 5.91 Å². The van der Waals surface area contributed by atoms with Crippen molar-refractivity contribution < 1.29 is 4.79 Å². The Kier molecular flexibility index (Phi) is 5.56. The van der Waals surface area contributed by atoms with Crippen LogP contribution >= 0.6 is 0 Å². The number of hydrogen-bond acceptors (Lipinski definition) is 1. The number of amides is 1. The Labute approximate surface area is 62.0 Å². The van der Waals surface area contributed by atoms with Crippen molar-refractivity contribution in [3.05, 3.63) is 0 Å². The number of carbonyl (C=O) groups is 1. The van der Waals surface area contributed by atoms with Gasteiger partial charge in [-0.3, -0.25) is 4.79 Å². The molecule has 0 saturated carbocycles. The van der Waals surface area contributed by atoms with Crippen LogP contribution in [0.15, 0.2) is 0 Å². The minimum atomic E-state index is 0.0554. The van der Waals surface area contributed by atoms with E-state index in [1.54, 1.807) is 0 Å². The zero-order valence-electron chi connectivity index (χ0n) is 6.31. The lowest BCUT2D eigenvalue weighted by Gasteiger charge is -1.99. The first-order chi connectivity index (χ1) is 4.81. The molecule has 0 unspecified atom stereocenters. The van der Waals surface area contributed by atoms with Crippen LogP contribution in [0.3, 0.4) is 0 Å². The van der Waals surface area contributed by atoms with Gasteiger partial charge in [0.2, 0.25) is 5.91 Å². The van der Waals surface area contributed by atoms with Crippen molar-refractivity contribution in [2.45, 2.75) is 26.2 Å². The number of rotatable bonds is 4. The number of carbonyl (C=O) groups excluding carboxylic acids is 1. The molecule has 10 heavy (non-hydrogen) atoms. The SMILES string of the molecule is C#CCCC(=O)NCCC. The van der Waals surface area contributed by atoms with Crippen molar-refractivity contribution in [2.24, 2.45) is 0 Å². The number of hydrogen-bond donors (Lipinski definition) is 1. The van der Waals surface area contributed by atoms with Gasteiger partial charge in [0.15, 0.2) is 0 Å². The predicted octanol–water partition coefficient (Wildman–Crippen LogP) is 0.926. The van der Waals surface area contributed by atoms with E-state index in [-0.39, 0.29) is 5.91 Å². The summed E-state index contributed by atoms with van der Waals surface area (Å²) in [6, 6.07) is 0. The van der Waals surface area contributed by atoms with E-state index in [1.807, 2.05) is 6.92 Å². The summed E-state index contributed by atoms with van der Waals surface area (Å²) >= 11 is 0. The Morgan fingerprint density at radius 3 is 2.90 bits per heavy atom. The Balaban J connectivity index is 3.19. The Hall–Kier alpha value is -0.970. The van der Waals surface area contributed by atoms with Crippen molar-refractivity contribution in [2.75, 3.05) is 6.54 Å². The molecule has 0 rings (SSSR count). The van der Waals surface area contributed by atoms with Gasteiger partial charge >= 0.3 is 0 Å². The van der Waals surface area contributed by atoms with E-state index in [1.165, 1.54) is 0 Å². The van der Waals surface area contributed by atoms with E-state index in [4.69, 9.17) is 6.42 Å². The summed E-state index contributed by atoms with van der Waals surface area (Å²) in [5.41, 5.74) is 0. The lowest BCUT2D eigenvalue weighted by molar-refractivity contribution is -0.120. The van der Waals surface area contributed by atoms with Crippen LogP contribution in [0.4, 0.5) is 0 Å². The molecule has 0 spiro atoms. The highest BCUT2D eigenvalue weighted by Crippen LogP contribution is 1.85. The van der Waals surface area contributed by atoms with E-state index >= 15 is 0 Å².